The van der Waals surface area contributed by atoms with Crippen LogP contribution in [0.15, 0.2) is 11.3 Å². The predicted octanol–water partition coefficient (Wildman–Crippen LogP) is 2.75. The van der Waals surface area contributed by atoms with E-state index in [0.717, 1.165) is 24.1 Å². The maximum atomic E-state index is 10.5. The number of allylic oxidation sites excluding steroid dienone is 1. The third kappa shape index (κ3) is 6.84. The molecule has 0 aliphatic heterocycles. The first kappa shape index (κ1) is 21.7. The molecule has 0 aromatic carbocycles. The van der Waals surface area contributed by atoms with E-state index in [1.54, 1.807) is 0 Å². The minimum absolute atomic E-state index is 0.159. The average Bonchev–Trinajstić information content (AvgIpc) is 2.86. The highest BCUT2D eigenvalue weighted by molar-refractivity contribution is 5.67. The minimum atomic E-state index is -1.03. The van der Waals surface area contributed by atoms with Gasteiger partial charge < -0.3 is 15.3 Å². The number of unbranched alkanes of at least 4 members (excludes halogenated alkanes) is 6. The molecule has 4 N–H and O–H groups in total. The molecule has 2 rings (SSSR count). The maximum absolute atomic E-state index is 10.5. The summed E-state index contributed by atoms with van der Waals surface area (Å²) < 4.78 is 0. The zero-order valence-corrected chi connectivity index (χ0v) is 16.2. The van der Waals surface area contributed by atoms with Crippen LogP contribution in [0.5, 0.6) is 0 Å². The van der Waals surface area contributed by atoms with E-state index in [1.807, 2.05) is 0 Å². The second-order valence-corrected chi connectivity index (χ2v) is 7.61. The molecule has 0 aromatic rings. The van der Waals surface area contributed by atoms with E-state index >= 15 is 0 Å². The summed E-state index contributed by atoms with van der Waals surface area (Å²) in [6, 6.07) is 0. The molecule has 4 unspecified atom stereocenters. The fourth-order valence-corrected chi connectivity index (χ4v) is 3.85. The fourth-order valence-electron chi connectivity index (χ4n) is 3.85. The van der Waals surface area contributed by atoms with Crippen LogP contribution in [0.2, 0.25) is 0 Å². The molecule has 0 amide bonds. The second-order valence-electron chi connectivity index (χ2n) is 7.61. The van der Waals surface area contributed by atoms with Gasteiger partial charge in [-0.15, -0.1) is 0 Å². The zero-order valence-electron chi connectivity index (χ0n) is 16.2. The Labute approximate surface area is 161 Å². The van der Waals surface area contributed by atoms with Crippen LogP contribution in [0, 0.1) is 23.7 Å². The highest BCUT2D eigenvalue weighted by atomic mass is 16.7. The number of rotatable bonds is 12. The maximum Gasteiger partial charge on any atom is 0.332 e. The molecule has 0 heterocycles. The van der Waals surface area contributed by atoms with Crippen LogP contribution in [0.1, 0.15) is 71.1 Å². The first-order valence-corrected chi connectivity index (χ1v) is 10.2. The number of aliphatic carboxylic acids is 1. The average molecular weight is 379 g/mol. The number of fused-ring (bicyclic) bond motifs is 1. The lowest BCUT2D eigenvalue weighted by molar-refractivity contribution is -0.144. The molecule has 4 atom stereocenters. The SMILES string of the molecule is CCCCCCCCCC(O)C#CC1C(O)CC2=C(NOCC(=O)O)CC21. The summed E-state index contributed by atoms with van der Waals surface area (Å²) in [5, 5.41) is 28.9. The molecule has 0 bridgehead atoms. The Morgan fingerprint density at radius 2 is 1.93 bits per heavy atom. The van der Waals surface area contributed by atoms with E-state index in [9.17, 15) is 15.0 Å². The number of nitrogens with one attached hydrogen (secondary N) is 1. The quantitative estimate of drug-likeness (QED) is 0.236. The molecular weight excluding hydrogens is 346 g/mol. The first-order valence-electron chi connectivity index (χ1n) is 10.2. The topological polar surface area (TPSA) is 99.0 Å². The van der Waals surface area contributed by atoms with Crippen molar-refractivity contribution in [1.82, 2.24) is 5.48 Å². The van der Waals surface area contributed by atoms with Gasteiger partial charge in [-0.25, -0.2) is 4.79 Å². The third-order valence-corrected chi connectivity index (χ3v) is 5.43. The lowest BCUT2D eigenvalue weighted by Gasteiger charge is -2.30. The van der Waals surface area contributed by atoms with E-state index in [1.165, 1.54) is 32.1 Å². The lowest BCUT2D eigenvalue weighted by Crippen LogP contribution is -2.30. The summed E-state index contributed by atoms with van der Waals surface area (Å²) in [5.74, 6) is 4.98. The van der Waals surface area contributed by atoms with Gasteiger partial charge in [0.2, 0.25) is 0 Å². The molecular formula is C21H33NO5. The van der Waals surface area contributed by atoms with Crippen molar-refractivity contribution in [3.05, 3.63) is 11.3 Å². The van der Waals surface area contributed by atoms with E-state index in [-0.39, 0.29) is 11.8 Å². The Kier molecular flexibility index (Phi) is 9.12. The summed E-state index contributed by atoms with van der Waals surface area (Å²) in [5.41, 5.74) is 4.59. The summed E-state index contributed by atoms with van der Waals surface area (Å²) in [7, 11) is 0. The fraction of sp³-hybridized carbons (Fsp3) is 0.762. The van der Waals surface area contributed by atoms with E-state index < -0.39 is 24.8 Å². The van der Waals surface area contributed by atoms with Gasteiger partial charge in [0.05, 0.1) is 12.0 Å². The normalized spacial score (nSPS) is 24.6. The minimum Gasteiger partial charge on any atom is -0.479 e. The van der Waals surface area contributed by atoms with Gasteiger partial charge in [-0.3, -0.25) is 10.3 Å². The second kappa shape index (κ2) is 11.3. The first-order chi connectivity index (χ1) is 13.0. The van der Waals surface area contributed by atoms with Crippen molar-refractivity contribution in [2.75, 3.05) is 6.61 Å². The van der Waals surface area contributed by atoms with Crippen LogP contribution in [0.4, 0.5) is 0 Å². The standard InChI is InChI=1S/C21H33NO5/c1-2-3-4-5-6-7-8-9-15(23)10-11-16-17-12-19(18(17)13-20(16)24)22-27-14-21(25)26/h15-17,20,22-24H,2-9,12-14H2,1H3,(H,25,26). The number of carboxylic acids is 1. The van der Waals surface area contributed by atoms with Crippen LogP contribution in [0.3, 0.4) is 0 Å². The number of aliphatic hydroxyl groups is 2. The van der Waals surface area contributed by atoms with E-state index in [0.29, 0.717) is 19.3 Å². The molecule has 6 nitrogen and oxygen atoms in total. The molecule has 27 heavy (non-hydrogen) atoms. The molecule has 1 fully saturated rings. The molecule has 0 spiro atoms. The van der Waals surface area contributed by atoms with Gasteiger partial charge in [0, 0.05) is 11.6 Å². The number of carbonyl (C=O) groups is 1. The zero-order chi connectivity index (χ0) is 19.6. The van der Waals surface area contributed by atoms with Gasteiger partial charge in [0.25, 0.3) is 0 Å². The van der Waals surface area contributed by atoms with Crippen molar-refractivity contribution >= 4 is 5.97 Å². The van der Waals surface area contributed by atoms with Crippen LogP contribution in [0.25, 0.3) is 0 Å². The summed E-state index contributed by atoms with van der Waals surface area (Å²) in [6.07, 6.45) is 9.21. The van der Waals surface area contributed by atoms with Gasteiger partial charge in [-0.2, -0.15) is 0 Å². The number of hydroxylamine groups is 1. The third-order valence-electron chi connectivity index (χ3n) is 5.43. The molecule has 1 saturated carbocycles. The Morgan fingerprint density at radius 1 is 1.22 bits per heavy atom. The Hall–Kier alpha value is -1.55. The van der Waals surface area contributed by atoms with Crippen molar-refractivity contribution < 1.29 is 25.0 Å². The van der Waals surface area contributed by atoms with Crippen molar-refractivity contribution in [3.8, 4) is 11.8 Å². The number of aliphatic hydroxyl groups excluding tert-OH is 2. The van der Waals surface area contributed by atoms with Gasteiger partial charge in [0.1, 0.15) is 6.10 Å². The summed E-state index contributed by atoms with van der Waals surface area (Å²) in [6.45, 7) is 1.81. The summed E-state index contributed by atoms with van der Waals surface area (Å²) >= 11 is 0. The lowest BCUT2D eigenvalue weighted by atomic mass is 9.79. The van der Waals surface area contributed by atoms with Crippen molar-refractivity contribution in [2.45, 2.75) is 83.3 Å². The predicted molar refractivity (Wildman–Crippen MR) is 102 cm³/mol. The van der Waals surface area contributed by atoms with Crippen LogP contribution in [-0.4, -0.2) is 40.1 Å². The highest BCUT2D eigenvalue weighted by Crippen LogP contribution is 2.48. The Balaban J connectivity index is 1.69. The molecule has 0 aromatic heterocycles. The van der Waals surface area contributed by atoms with Gasteiger partial charge in [-0.05, 0) is 31.3 Å². The molecule has 6 heteroatoms. The Morgan fingerprint density at radius 3 is 2.63 bits per heavy atom. The van der Waals surface area contributed by atoms with Gasteiger partial charge in [-0.1, -0.05) is 57.3 Å². The van der Waals surface area contributed by atoms with Crippen LogP contribution in [-0.2, 0) is 9.63 Å². The van der Waals surface area contributed by atoms with Crippen LogP contribution < -0.4 is 5.48 Å². The molecule has 0 saturated heterocycles. The van der Waals surface area contributed by atoms with Crippen molar-refractivity contribution in [1.29, 1.82) is 0 Å². The largest absolute Gasteiger partial charge is 0.479 e. The smallest absolute Gasteiger partial charge is 0.332 e. The molecule has 0 radical (unpaired) electrons. The monoisotopic (exact) mass is 379 g/mol. The van der Waals surface area contributed by atoms with E-state index in [2.05, 4.69) is 24.2 Å². The number of hydrogen-bond donors (Lipinski definition) is 4. The van der Waals surface area contributed by atoms with Gasteiger partial charge >= 0.3 is 5.97 Å². The molecule has 2 aliphatic rings. The molecule has 152 valence electrons. The van der Waals surface area contributed by atoms with Gasteiger partial charge in [0.15, 0.2) is 6.61 Å². The Bertz CT molecular complexity index is 577. The number of hydrogen-bond acceptors (Lipinski definition) is 5. The van der Waals surface area contributed by atoms with Crippen molar-refractivity contribution in [3.63, 3.8) is 0 Å². The van der Waals surface area contributed by atoms with Crippen molar-refractivity contribution in [2.24, 2.45) is 11.8 Å². The number of carboxylic acid groups (broad SMARTS) is 1. The van der Waals surface area contributed by atoms with E-state index in [4.69, 9.17) is 9.94 Å². The highest BCUT2D eigenvalue weighted by Gasteiger charge is 2.45. The molecule has 2 aliphatic carbocycles. The summed E-state index contributed by atoms with van der Waals surface area (Å²) in [4.78, 5) is 15.4. The van der Waals surface area contributed by atoms with Crippen LogP contribution >= 0.6 is 0 Å².